The van der Waals surface area contributed by atoms with Gasteiger partial charge in [0.2, 0.25) is 0 Å². The molecule has 1 aromatic rings. The molecule has 0 fully saturated rings. The van der Waals surface area contributed by atoms with Crippen LogP contribution in [0.25, 0.3) is 5.57 Å². The zero-order valence-corrected chi connectivity index (χ0v) is 12.3. The van der Waals surface area contributed by atoms with Gasteiger partial charge in [0, 0.05) is 5.92 Å². The van der Waals surface area contributed by atoms with Gasteiger partial charge in [0.05, 0.1) is 8.07 Å². The third-order valence-corrected chi connectivity index (χ3v) is 6.02. The molecule has 0 N–H and O–H groups in total. The van der Waals surface area contributed by atoms with E-state index in [9.17, 15) is 0 Å². The first-order valence-electron chi connectivity index (χ1n) is 6.15. The van der Waals surface area contributed by atoms with Crippen molar-refractivity contribution in [3.63, 3.8) is 0 Å². The highest BCUT2D eigenvalue weighted by Gasteiger charge is 2.29. The molecule has 0 radical (unpaired) electrons. The summed E-state index contributed by atoms with van der Waals surface area (Å²) in [5.41, 5.74) is 6.21. The molecular weight excluding hydrogens is 208 g/mol. The summed E-state index contributed by atoms with van der Waals surface area (Å²) in [7, 11) is -1.23. The Balaban J connectivity index is 2.72. The highest BCUT2D eigenvalue weighted by Crippen LogP contribution is 2.40. The van der Waals surface area contributed by atoms with E-state index in [0.29, 0.717) is 5.92 Å². The van der Waals surface area contributed by atoms with Crippen molar-refractivity contribution in [2.24, 2.45) is 0 Å². The minimum Gasteiger partial charge on any atom is -0.0656 e. The fourth-order valence-electron chi connectivity index (χ4n) is 2.73. The van der Waals surface area contributed by atoms with Gasteiger partial charge >= 0.3 is 0 Å². The van der Waals surface area contributed by atoms with Crippen LogP contribution in [-0.2, 0) is 0 Å². The zero-order valence-electron chi connectivity index (χ0n) is 11.3. The molecule has 1 aliphatic rings. The van der Waals surface area contributed by atoms with Crippen LogP contribution in [0.2, 0.25) is 19.6 Å². The Labute approximate surface area is 100 Å². The lowest BCUT2D eigenvalue weighted by atomic mass is 9.99. The predicted molar refractivity (Wildman–Crippen MR) is 76.1 cm³/mol. The summed E-state index contributed by atoms with van der Waals surface area (Å²) in [6.45, 7) is 14.2. The molecule has 0 saturated heterocycles. The summed E-state index contributed by atoms with van der Waals surface area (Å²) in [5, 5.41) is 1.63. The van der Waals surface area contributed by atoms with E-state index in [4.69, 9.17) is 0 Å². The minimum absolute atomic E-state index is 0.617. The molecule has 0 amide bonds. The Bertz CT molecular complexity index is 461. The van der Waals surface area contributed by atoms with E-state index in [-0.39, 0.29) is 0 Å². The lowest BCUT2D eigenvalue weighted by Crippen LogP contribution is -2.40. The monoisotopic (exact) mass is 230 g/mol. The van der Waals surface area contributed by atoms with Crippen molar-refractivity contribution in [1.29, 1.82) is 0 Å². The number of hydrogen-bond acceptors (Lipinski definition) is 0. The van der Waals surface area contributed by atoms with Crippen molar-refractivity contribution >= 4 is 18.8 Å². The average molecular weight is 230 g/mol. The molecule has 86 valence electrons. The van der Waals surface area contributed by atoms with Crippen LogP contribution in [0.1, 0.15) is 37.8 Å². The zero-order chi connectivity index (χ0) is 12.1. The van der Waals surface area contributed by atoms with E-state index in [0.717, 1.165) is 0 Å². The van der Waals surface area contributed by atoms with Crippen molar-refractivity contribution in [1.82, 2.24) is 0 Å². The normalized spacial score (nSPS) is 20.2. The smallest absolute Gasteiger partial charge is 0.0656 e. The van der Waals surface area contributed by atoms with E-state index in [2.05, 4.69) is 58.6 Å². The van der Waals surface area contributed by atoms with Gasteiger partial charge in [0.15, 0.2) is 0 Å². The molecule has 0 heterocycles. The lowest BCUT2D eigenvalue weighted by Gasteiger charge is -2.22. The second-order valence-corrected chi connectivity index (χ2v) is 11.1. The van der Waals surface area contributed by atoms with Gasteiger partial charge in [-0.3, -0.25) is 0 Å². The maximum Gasteiger partial charge on any atom is 0.0784 e. The summed E-state index contributed by atoms with van der Waals surface area (Å²) in [6.07, 6.45) is 0. The Morgan fingerprint density at radius 2 is 1.69 bits per heavy atom. The Kier molecular flexibility index (Phi) is 2.62. The predicted octanol–water partition coefficient (Wildman–Crippen LogP) is 4.14. The first-order valence-corrected chi connectivity index (χ1v) is 9.65. The van der Waals surface area contributed by atoms with Crippen molar-refractivity contribution in [2.45, 2.75) is 46.3 Å². The van der Waals surface area contributed by atoms with Crippen LogP contribution in [0.5, 0.6) is 0 Å². The molecular formula is C15H22Si. The van der Waals surface area contributed by atoms with Crippen LogP contribution < -0.4 is 5.19 Å². The standard InChI is InChI=1S/C15H22Si/c1-10-11(2)13-8-7-9-14(16(4,5)6)15(13)12(10)3/h7-9,11H,1-6H3. The second kappa shape index (κ2) is 3.59. The van der Waals surface area contributed by atoms with Gasteiger partial charge in [-0.25, -0.2) is 0 Å². The van der Waals surface area contributed by atoms with Gasteiger partial charge in [0.1, 0.15) is 0 Å². The van der Waals surface area contributed by atoms with E-state index in [1.165, 1.54) is 5.57 Å². The summed E-state index contributed by atoms with van der Waals surface area (Å²) >= 11 is 0. The average Bonchev–Trinajstić information content (AvgIpc) is 2.43. The van der Waals surface area contributed by atoms with Crippen molar-refractivity contribution in [2.75, 3.05) is 0 Å². The highest BCUT2D eigenvalue weighted by atomic mass is 28.3. The van der Waals surface area contributed by atoms with Crippen molar-refractivity contribution in [3.05, 3.63) is 34.9 Å². The topological polar surface area (TPSA) is 0 Å². The Morgan fingerprint density at radius 3 is 2.25 bits per heavy atom. The van der Waals surface area contributed by atoms with E-state index in [1.54, 1.807) is 21.9 Å². The molecule has 1 aromatic carbocycles. The number of allylic oxidation sites excluding steroid dienone is 2. The van der Waals surface area contributed by atoms with Gasteiger partial charge in [-0.1, -0.05) is 55.5 Å². The molecule has 1 heteroatoms. The van der Waals surface area contributed by atoms with E-state index in [1.807, 2.05) is 0 Å². The molecule has 2 rings (SSSR count). The molecule has 16 heavy (non-hydrogen) atoms. The molecule has 0 spiro atoms. The Hall–Kier alpha value is -0.823. The SMILES string of the molecule is CC1=C(C)C(C)c2cccc([Si](C)(C)C)c21. The molecule has 0 aliphatic heterocycles. The number of fused-ring (bicyclic) bond motifs is 1. The Morgan fingerprint density at radius 1 is 1.06 bits per heavy atom. The van der Waals surface area contributed by atoms with E-state index >= 15 is 0 Å². The first kappa shape index (κ1) is 11.7. The fraction of sp³-hybridized carbons (Fsp3) is 0.467. The third kappa shape index (κ3) is 1.58. The molecule has 0 nitrogen and oxygen atoms in total. The minimum atomic E-state index is -1.23. The lowest BCUT2D eigenvalue weighted by molar-refractivity contribution is 0.920. The summed E-state index contributed by atoms with van der Waals surface area (Å²) < 4.78 is 0. The largest absolute Gasteiger partial charge is 0.0784 e. The number of benzene rings is 1. The van der Waals surface area contributed by atoms with Crippen molar-refractivity contribution in [3.8, 4) is 0 Å². The van der Waals surface area contributed by atoms with Gasteiger partial charge in [-0.2, -0.15) is 0 Å². The maximum atomic E-state index is 2.44. The first-order chi connectivity index (χ1) is 7.34. The van der Waals surface area contributed by atoms with Gasteiger partial charge < -0.3 is 0 Å². The quantitative estimate of drug-likeness (QED) is 0.636. The molecule has 1 atom stereocenters. The van der Waals surface area contributed by atoms with Crippen LogP contribution >= 0.6 is 0 Å². The third-order valence-electron chi connectivity index (χ3n) is 3.99. The molecule has 0 saturated carbocycles. The molecule has 1 unspecified atom stereocenters. The molecule has 0 aromatic heterocycles. The van der Waals surface area contributed by atoms with Gasteiger partial charge in [0.25, 0.3) is 0 Å². The molecule has 0 bridgehead atoms. The van der Waals surface area contributed by atoms with Crippen LogP contribution in [0.15, 0.2) is 23.8 Å². The van der Waals surface area contributed by atoms with E-state index < -0.39 is 8.07 Å². The maximum absolute atomic E-state index is 2.44. The van der Waals surface area contributed by atoms with Crippen LogP contribution in [-0.4, -0.2) is 8.07 Å². The summed E-state index contributed by atoms with van der Waals surface area (Å²) in [6, 6.07) is 6.90. The number of rotatable bonds is 1. The van der Waals surface area contributed by atoms with Crippen LogP contribution in [0, 0.1) is 0 Å². The fourth-order valence-corrected chi connectivity index (χ4v) is 4.41. The van der Waals surface area contributed by atoms with Crippen LogP contribution in [0.4, 0.5) is 0 Å². The number of hydrogen-bond donors (Lipinski definition) is 0. The van der Waals surface area contributed by atoms with Gasteiger partial charge in [-0.05, 0) is 30.5 Å². The summed E-state index contributed by atoms with van der Waals surface area (Å²) in [5.74, 6) is 0.617. The summed E-state index contributed by atoms with van der Waals surface area (Å²) in [4.78, 5) is 0. The second-order valence-electron chi connectivity index (χ2n) is 6.05. The highest BCUT2D eigenvalue weighted by molar-refractivity contribution is 6.89. The van der Waals surface area contributed by atoms with Gasteiger partial charge in [-0.15, -0.1) is 0 Å². The van der Waals surface area contributed by atoms with Crippen molar-refractivity contribution < 1.29 is 0 Å². The van der Waals surface area contributed by atoms with Crippen LogP contribution in [0.3, 0.4) is 0 Å². The molecule has 1 aliphatic carbocycles.